The lowest BCUT2D eigenvalue weighted by molar-refractivity contribution is 1.05. The second-order valence-corrected chi connectivity index (χ2v) is 7.51. The minimum atomic E-state index is 0.547. The molecule has 0 N–H and O–H groups in total. The van der Waals surface area contributed by atoms with Crippen LogP contribution >= 0.6 is 0 Å². The van der Waals surface area contributed by atoms with Crippen molar-refractivity contribution in [2.75, 3.05) is 0 Å². The third kappa shape index (κ3) is 3.01. The highest BCUT2D eigenvalue weighted by molar-refractivity contribution is 6.10. The number of aromatic nitrogens is 3. The van der Waals surface area contributed by atoms with Crippen molar-refractivity contribution < 1.29 is 0 Å². The Morgan fingerprint density at radius 1 is 0.710 bits per heavy atom. The quantitative estimate of drug-likeness (QED) is 0.387. The lowest BCUT2D eigenvalue weighted by Gasteiger charge is -2.14. The Labute approximate surface area is 179 Å². The Hall–Kier alpha value is -4.48. The first kappa shape index (κ1) is 18.5. The highest BCUT2D eigenvalue weighted by Gasteiger charge is 2.18. The number of fused-ring (bicyclic) bond motifs is 3. The van der Waals surface area contributed by atoms with Gasteiger partial charge in [-0.05, 0) is 56.3 Å². The van der Waals surface area contributed by atoms with E-state index in [-0.39, 0.29) is 0 Å². The monoisotopic (exact) mass is 399 g/mol. The van der Waals surface area contributed by atoms with Crippen molar-refractivity contribution in [3.8, 4) is 29.2 Å². The third-order valence-corrected chi connectivity index (χ3v) is 5.39. The molecule has 5 nitrogen and oxygen atoms in total. The first-order valence-corrected chi connectivity index (χ1v) is 9.89. The molecule has 0 atom stereocenters. The first-order valence-electron chi connectivity index (χ1n) is 9.89. The summed E-state index contributed by atoms with van der Waals surface area (Å²) in [7, 11) is 0. The number of nitriles is 2. The summed E-state index contributed by atoms with van der Waals surface area (Å²) in [5.41, 5.74) is 6.43. The number of hydrogen-bond donors (Lipinski definition) is 0. The van der Waals surface area contributed by atoms with Gasteiger partial charge in [-0.2, -0.15) is 10.5 Å². The predicted molar refractivity (Wildman–Crippen MR) is 121 cm³/mol. The Morgan fingerprint density at radius 3 is 2.10 bits per heavy atom. The smallest absolute Gasteiger partial charge is 0.161 e. The fraction of sp³-hybridized carbons (Fsp3) is 0.0769. The van der Waals surface area contributed by atoms with Crippen LogP contribution in [0.1, 0.15) is 22.5 Å². The molecule has 0 aliphatic rings. The standard InChI is InChI=1S/C26H17N5/c1-16-11-17(2)30-26(29-16)22-10-8-19(15-28)13-25(22)31-23-6-4-3-5-20(23)21-9-7-18(14-27)12-24(21)31/h3-13H,1-2H3. The van der Waals surface area contributed by atoms with Gasteiger partial charge in [-0.3, -0.25) is 0 Å². The second kappa shape index (κ2) is 7.09. The van der Waals surface area contributed by atoms with E-state index < -0.39 is 0 Å². The molecule has 5 rings (SSSR count). The van der Waals surface area contributed by atoms with Crippen molar-refractivity contribution in [2.24, 2.45) is 0 Å². The van der Waals surface area contributed by atoms with Crippen LogP contribution < -0.4 is 0 Å². The highest BCUT2D eigenvalue weighted by atomic mass is 15.0. The van der Waals surface area contributed by atoms with Crippen molar-refractivity contribution in [1.29, 1.82) is 10.5 Å². The van der Waals surface area contributed by atoms with E-state index in [4.69, 9.17) is 0 Å². The maximum Gasteiger partial charge on any atom is 0.161 e. The molecule has 2 aromatic heterocycles. The molecule has 5 heteroatoms. The molecule has 0 radical (unpaired) electrons. The van der Waals surface area contributed by atoms with Crippen LogP contribution in [0.5, 0.6) is 0 Å². The zero-order valence-corrected chi connectivity index (χ0v) is 17.1. The number of para-hydroxylation sites is 1. The average molecular weight is 399 g/mol. The molecule has 0 unspecified atom stereocenters. The Bertz CT molecular complexity index is 1560. The van der Waals surface area contributed by atoms with E-state index >= 15 is 0 Å². The van der Waals surface area contributed by atoms with Crippen LogP contribution in [-0.4, -0.2) is 14.5 Å². The van der Waals surface area contributed by atoms with Crippen LogP contribution in [0, 0.1) is 36.5 Å². The van der Waals surface area contributed by atoms with E-state index in [1.54, 1.807) is 6.07 Å². The number of hydrogen-bond acceptors (Lipinski definition) is 4. The Kier molecular flexibility index (Phi) is 4.24. The van der Waals surface area contributed by atoms with Crippen LogP contribution in [0.15, 0.2) is 66.7 Å². The van der Waals surface area contributed by atoms with Crippen molar-refractivity contribution in [3.63, 3.8) is 0 Å². The van der Waals surface area contributed by atoms with Crippen LogP contribution in [-0.2, 0) is 0 Å². The van der Waals surface area contributed by atoms with Gasteiger partial charge in [0, 0.05) is 27.7 Å². The van der Waals surface area contributed by atoms with Gasteiger partial charge in [0.1, 0.15) is 0 Å². The molecule has 5 aromatic rings. The van der Waals surface area contributed by atoms with Crippen molar-refractivity contribution in [1.82, 2.24) is 14.5 Å². The maximum absolute atomic E-state index is 9.58. The van der Waals surface area contributed by atoms with Gasteiger partial charge in [0.15, 0.2) is 5.82 Å². The highest BCUT2D eigenvalue weighted by Crippen LogP contribution is 2.36. The molecule has 0 saturated carbocycles. The van der Waals surface area contributed by atoms with Gasteiger partial charge in [-0.1, -0.05) is 24.3 Å². The van der Waals surface area contributed by atoms with Gasteiger partial charge in [0.2, 0.25) is 0 Å². The summed E-state index contributed by atoms with van der Waals surface area (Å²) in [6, 6.07) is 25.8. The van der Waals surface area contributed by atoms with E-state index in [1.807, 2.05) is 68.4 Å². The van der Waals surface area contributed by atoms with Crippen molar-refractivity contribution in [3.05, 3.63) is 89.2 Å². The van der Waals surface area contributed by atoms with Gasteiger partial charge in [-0.15, -0.1) is 0 Å². The summed E-state index contributed by atoms with van der Waals surface area (Å²) in [6.45, 7) is 3.89. The van der Waals surface area contributed by atoms with Crippen molar-refractivity contribution >= 4 is 21.8 Å². The van der Waals surface area contributed by atoms with E-state index in [1.165, 1.54) is 0 Å². The summed E-state index contributed by atoms with van der Waals surface area (Å²) in [4.78, 5) is 9.33. The number of aryl methyl sites for hydroxylation is 2. The molecule has 0 amide bonds. The lowest BCUT2D eigenvalue weighted by Crippen LogP contribution is -2.02. The Morgan fingerprint density at radius 2 is 1.35 bits per heavy atom. The summed E-state index contributed by atoms with van der Waals surface area (Å²) < 4.78 is 2.10. The molecule has 0 fully saturated rings. The van der Waals surface area contributed by atoms with Crippen molar-refractivity contribution in [2.45, 2.75) is 13.8 Å². The molecule has 0 saturated heterocycles. The van der Waals surface area contributed by atoms with E-state index in [2.05, 4.69) is 32.7 Å². The largest absolute Gasteiger partial charge is 0.308 e. The predicted octanol–water partition coefficient (Wildman–Crippen LogP) is 5.60. The molecular formula is C26H17N5. The molecule has 0 aliphatic heterocycles. The van der Waals surface area contributed by atoms with E-state index in [0.29, 0.717) is 17.0 Å². The average Bonchev–Trinajstić information content (AvgIpc) is 3.11. The molecule has 146 valence electrons. The molecule has 0 bridgehead atoms. The minimum Gasteiger partial charge on any atom is -0.308 e. The molecular weight excluding hydrogens is 382 g/mol. The summed E-state index contributed by atoms with van der Waals surface area (Å²) in [5, 5.41) is 21.2. The summed E-state index contributed by atoms with van der Waals surface area (Å²) in [6.07, 6.45) is 0. The SMILES string of the molecule is Cc1cc(C)nc(-c2ccc(C#N)cc2-n2c3ccccc3c3ccc(C#N)cc32)n1. The van der Waals surface area contributed by atoms with Crippen LogP contribution in [0.25, 0.3) is 38.9 Å². The summed E-state index contributed by atoms with van der Waals surface area (Å²) >= 11 is 0. The van der Waals surface area contributed by atoms with Gasteiger partial charge in [0.05, 0.1) is 40.0 Å². The maximum atomic E-state index is 9.58. The molecule has 3 aromatic carbocycles. The topological polar surface area (TPSA) is 78.3 Å². The third-order valence-electron chi connectivity index (χ3n) is 5.39. The fourth-order valence-electron chi connectivity index (χ4n) is 4.12. The first-order chi connectivity index (χ1) is 15.1. The second-order valence-electron chi connectivity index (χ2n) is 7.51. The van der Waals surface area contributed by atoms with Crippen LogP contribution in [0.4, 0.5) is 0 Å². The van der Waals surface area contributed by atoms with Crippen LogP contribution in [0.3, 0.4) is 0 Å². The van der Waals surface area contributed by atoms with Gasteiger partial charge in [0.25, 0.3) is 0 Å². The lowest BCUT2D eigenvalue weighted by atomic mass is 10.1. The zero-order chi connectivity index (χ0) is 21.5. The zero-order valence-electron chi connectivity index (χ0n) is 17.1. The van der Waals surface area contributed by atoms with E-state index in [9.17, 15) is 10.5 Å². The summed E-state index contributed by atoms with van der Waals surface area (Å²) in [5.74, 6) is 0.611. The number of rotatable bonds is 2. The fourth-order valence-corrected chi connectivity index (χ4v) is 4.12. The van der Waals surface area contributed by atoms with Gasteiger partial charge >= 0.3 is 0 Å². The van der Waals surface area contributed by atoms with Gasteiger partial charge < -0.3 is 4.57 Å². The molecule has 31 heavy (non-hydrogen) atoms. The normalized spacial score (nSPS) is 10.8. The number of nitrogens with zero attached hydrogens (tertiary/aromatic N) is 5. The minimum absolute atomic E-state index is 0.547. The van der Waals surface area contributed by atoms with Crippen LogP contribution in [0.2, 0.25) is 0 Å². The molecule has 0 aliphatic carbocycles. The van der Waals surface area contributed by atoms with E-state index in [0.717, 1.165) is 44.4 Å². The molecule has 0 spiro atoms. The molecule has 2 heterocycles. The van der Waals surface area contributed by atoms with Gasteiger partial charge in [-0.25, -0.2) is 9.97 Å². The Balaban J connectivity index is 1.95. The number of benzene rings is 3.